The second-order valence-corrected chi connectivity index (χ2v) is 7.55. The van der Waals surface area contributed by atoms with Crippen LogP contribution in [0.4, 0.5) is 0 Å². The molecule has 3 aromatic carbocycles. The van der Waals surface area contributed by atoms with E-state index < -0.39 is 5.97 Å². The Morgan fingerprint density at radius 3 is 2.43 bits per heavy atom. The smallest absolute Gasteiger partial charge is 0.344 e. The number of nitrogens with zero attached hydrogens (tertiary/aromatic N) is 1. The first kappa shape index (κ1) is 19.8. The van der Waals surface area contributed by atoms with Crippen molar-refractivity contribution in [3.05, 3.63) is 77.9 Å². The van der Waals surface area contributed by atoms with Crippen LogP contribution in [0.5, 0.6) is 5.75 Å². The van der Waals surface area contributed by atoms with Crippen LogP contribution in [-0.4, -0.2) is 18.1 Å². The van der Waals surface area contributed by atoms with Crippen molar-refractivity contribution in [3.63, 3.8) is 0 Å². The van der Waals surface area contributed by atoms with Gasteiger partial charge in [0.15, 0.2) is 0 Å². The first-order valence-corrected chi connectivity index (χ1v) is 10.3. The molecule has 5 nitrogen and oxygen atoms in total. The van der Waals surface area contributed by atoms with Gasteiger partial charge in [0.1, 0.15) is 5.75 Å². The quantitative estimate of drug-likeness (QED) is 0.281. The molecule has 4 rings (SSSR count). The fourth-order valence-electron chi connectivity index (χ4n) is 3.81. The standard InChI is InChI=1S/C25H24N2O3/c28-24(20-8-2-1-3-9-20)27-26-17-18-13-15-21(16-14-18)30-25(29)23-12-6-10-19-7-4-5-11-22(19)23/h4-7,10-17,20H,1-3,8-9H2,(H,27,28)/b26-17-. The number of carbonyl (C=O) groups excluding carboxylic acids is 2. The number of ether oxygens (including phenoxy) is 1. The molecule has 1 aliphatic rings. The minimum atomic E-state index is -0.395. The summed E-state index contributed by atoms with van der Waals surface area (Å²) >= 11 is 0. The Bertz CT molecular complexity index is 1060. The molecule has 1 fully saturated rings. The van der Waals surface area contributed by atoms with Crippen molar-refractivity contribution in [2.75, 3.05) is 0 Å². The molecule has 0 heterocycles. The molecule has 1 N–H and O–H groups in total. The van der Waals surface area contributed by atoms with Crippen molar-refractivity contribution in [2.45, 2.75) is 32.1 Å². The Kier molecular flexibility index (Phi) is 6.18. The molecule has 1 amide bonds. The summed E-state index contributed by atoms with van der Waals surface area (Å²) < 4.78 is 5.53. The maximum Gasteiger partial charge on any atom is 0.344 e. The fraction of sp³-hybridized carbons (Fsp3) is 0.240. The van der Waals surface area contributed by atoms with Crippen LogP contribution in [-0.2, 0) is 4.79 Å². The van der Waals surface area contributed by atoms with Gasteiger partial charge in [0.2, 0.25) is 5.91 Å². The van der Waals surface area contributed by atoms with E-state index in [-0.39, 0.29) is 11.8 Å². The van der Waals surface area contributed by atoms with Crippen LogP contribution in [0.3, 0.4) is 0 Å². The third-order valence-electron chi connectivity index (χ3n) is 5.46. The minimum Gasteiger partial charge on any atom is -0.423 e. The highest BCUT2D eigenvalue weighted by atomic mass is 16.5. The van der Waals surface area contributed by atoms with E-state index in [1.807, 2.05) is 36.4 Å². The average Bonchev–Trinajstić information content (AvgIpc) is 2.80. The number of benzene rings is 3. The lowest BCUT2D eigenvalue weighted by Crippen LogP contribution is -2.28. The summed E-state index contributed by atoms with van der Waals surface area (Å²) in [6.45, 7) is 0. The second kappa shape index (κ2) is 9.35. The number of amides is 1. The highest BCUT2D eigenvalue weighted by Gasteiger charge is 2.20. The molecule has 0 spiro atoms. The number of hydrogen-bond donors (Lipinski definition) is 1. The van der Waals surface area contributed by atoms with Gasteiger partial charge < -0.3 is 4.74 Å². The van der Waals surface area contributed by atoms with E-state index in [0.29, 0.717) is 11.3 Å². The zero-order chi connectivity index (χ0) is 20.8. The number of hydrazone groups is 1. The monoisotopic (exact) mass is 400 g/mol. The van der Waals surface area contributed by atoms with Gasteiger partial charge in [-0.05, 0) is 59.5 Å². The van der Waals surface area contributed by atoms with E-state index in [1.54, 1.807) is 36.5 Å². The summed E-state index contributed by atoms with van der Waals surface area (Å²) in [6.07, 6.45) is 6.92. The van der Waals surface area contributed by atoms with E-state index in [9.17, 15) is 9.59 Å². The van der Waals surface area contributed by atoms with Crippen molar-refractivity contribution in [3.8, 4) is 5.75 Å². The zero-order valence-electron chi connectivity index (χ0n) is 16.7. The number of nitrogens with one attached hydrogen (secondary N) is 1. The summed E-state index contributed by atoms with van der Waals surface area (Å²) in [4.78, 5) is 24.7. The summed E-state index contributed by atoms with van der Waals surface area (Å²) in [5.41, 5.74) is 3.97. The van der Waals surface area contributed by atoms with E-state index in [0.717, 1.165) is 42.0 Å². The molecule has 0 aliphatic heterocycles. The van der Waals surface area contributed by atoms with Gasteiger partial charge in [-0.3, -0.25) is 4.79 Å². The molecule has 0 unspecified atom stereocenters. The first-order chi connectivity index (χ1) is 14.7. The highest BCUT2D eigenvalue weighted by Crippen LogP contribution is 2.23. The summed E-state index contributed by atoms with van der Waals surface area (Å²) in [5, 5.41) is 5.91. The molecule has 152 valence electrons. The molecule has 0 bridgehead atoms. The van der Waals surface area contributed by atoms with E-state index in [2.05, 4.69) is 10.5 Å². The molecular formula is C25H24N2O3. The SMILES string of the molecule is O=C(Oc1ccc(/C=N\NC(=O)C2CCCCC2)cc1)c1cccc2ccccc12. The molecule has 30 heavy (non-hydrogen) atoms. The van der Waals surface area contributed by atoms with Gasteiger partial charge >= 0.3 is 5.97 Å². The van der Waals surface area contributed by atoms with Crippen LogP contribution >= 0.6 is 0 Å². The number of fused-ring (bicyclic) bond motifs is 1. The van der Waals surface area contributed by atoms with Crippen LogP contribution in [0.1, 0.15) is 48.0 Å². The Balaban J connectivity index is 1.36. The van der Waals surface area contributed by atoms with Gasteiger partial charge in [-0.15, -0.1) is 0 Å². The second-order valence-electron chi connectivity index (χ2n) is 7.55. The van der Waals surface area contributed by atoms with Crippen molar-refractivity contribution in [2.24, 2.45) is 11.0 Å². The molecule has 0 atom stereocenters. The van der Waals surface area contributed by atoms with Gasteiger partial charge in [0.25, 0.3) is 0 Å². The van der Waals surface area contributed by atoms with Crippen LogP contribution in [0.2, 0.25) is 0 Å². The van der Waals surface area contributed by atoms with Gasteiger partial charge in [-0.2, -0.15) is 5.10 Å². The predicted molar refractivity (Wildman–Crippen MR) is 118 cm³/mol. The number of rotatable bonds is 5. The van der Waals surface area contributed by atoms with Gasteiger partial charge in [-0.1, -0.05) is 55.7 Å². The normalized spacial score (nSPS) is 14.7. The number of hydrogen-bond acceptors (Lipinski definition) is 4. The summed E-state index contributed by atoms with van der Waals surface area (Å²) in [7, 11) is 0. The van der Waals surface area contributed by atoms with E-state index in [4.69, 9.17) is 4.74 Å². The van der Waals surface area contributed by atoms with E-state index >= 15 is 0 Å². The predicted octanol–water partition coefficient (Wildman–Crippen LogP) is 5.09. The Labute approximate surface area is 175 Å². The van der Waals surface area contributed by atoms with Crippen molar-refractivity contribution in [1.82, 2.24) is 5.43 Å². The number of esters is 1. The van der Waals surface area contributed by atoms with E-state index in [1.165, 1.54) is 6.42 Å². The lowest BCUT2D eigenvalue weighted by molar-refractivity contribution is -0.125. The van der Waals surface area contributed by atoms with Gasteiger partial charge in [-0.25, -0.2) is 10.2 Å². The topological polar surface area (TPSA) is 67.8 Å². The van der Waals surface area contributed by atoms with Crippen LogP contribution in [0.15, 0.2) is 71.8 Å². The summed E-state index contributed by atoms with van der Waals surface area (Å²) in [6, 6.07) is 20.3. The molecule has 3 aromatic rings. The zero-order valence-corrected chi connectivity index (χ0v) is 16.7. The van der Waals surface area contributed by atoms with Gasteiger partial charge in [0, 0.05) is 5.92 Å². The lowest BCUT2D eigenvalue weighted by Gasteiger charge is -2.19. The largest absolute Gasteiger partial charge is 0.423 e. The average molecular weight is 400 g/mol. The molecule has 1 saturated carbocycles. The Morgan fingerprint density at radius 2 is 1.63 bits per heavy atom. The highest BCUT2D eigenvalue weighted by molar-refractivity contribution is 6.05. The molecule has 0 aromatic heterocycles. The Morgan fingerprint density at radius 1 is 0.900 bits per heavy atom. The minimum absolute atomic E-state index is 0.00779. The van der Waals surface area contributed by atoms with Gasteiger partial charge in [0.05, 0.1) is 11.8 Å². The van der Waals surface area contributed by atoms with Crippen LogP contribution < -0.4 is 10.2 Å². The first-order valence-electron chi connectivity index (χ1n) is 10.3. The Hall–Kier alpha value is -3.47. The third-order valence-corrected chi connectivity index (χ3v) is 5.46. The lowest BCUT2D eigenvalue weighted by atomic mass is 9.89. The maximum atomic E-state index is 12.6. The van der Waals surface area contributed by atoms with Crippen molar-refractivity contribution >= 4 is 28.9 Å². The summed E-state index contributed by atoms with van der Waals surface area (Å²) in [5.74, 6) is 0.127. The number of carbonyl (C=O) groups is 2. The molecular weight excluding hydrogens is 376 g/mol. The maximum absolute atomic E-state index is 12.6. The van der Waals surface area contributed by atoms with Crippen LogP contribution in [0.25, 0.3) is 10.8 Å². The molecule has 0 radical (unpaired) electrons. The molecule has 1 aliphatic carbocycles. The van der Waals surface area contributed by atoms with Crippen molar-refractivity contribution in [1.29, 1.82) is 0 Å². The fourth-order valence-corrected chi connectivity index (χ4v) is 3.81. The molecule has 0 saturated heterocycles. The third kappa shape index (κ3) is 4.74. The van der Waals surface area contributed by atoms with Crippen molar-refractivity contribution < 1.29 is 14.3 Å². The molecule has 5 heteroatoms. The van der Waals surface area contributed by atoms with Crippen LogP contribution in [0, 0.1) is 5.92 Å².